The molecular weight excluding hydrogens is 407 g/mol. The van der Waals surface area contributed by atoms with Crippen molar-refractivity contribution in [1.82, 2.24) is 9.88 Å². The first-order chi connectivity index (χ1) is 13.8. The molecule has 1 amide bonds. The first-order valence-electron chi connectivity index (χ1n) is 9.63. The Bertz CT molecular complexity index is 926. The van der Waals surface area contributed by atoms with E-state index in [4.69, 9.17) is 9.47 Å². The number of thiazole rings is 1. The number of hydrogen-bond donors (Lipinski definition) is 0. The molecule has 10 heteroatoms. The van der Waals surface area contributed by atoms with Crippen molar-refractivity contribution in [3.63, 3.8) is 0 Å². The zero-order chi connectivity index (χ0) is 20.2. The van der Waals surface area contributed by atoms with Crippen LogP contribution in [-0.4, -0.2) is 61.0 Å². The van der Waals surface area contributed by atoms with Gasteiger partial charge in [-0.2, -0.15) is 13.2 Å². The van der Waals surface area contributed by atoms with Gasteiger partial charge in [0.15, 0.2) is 10.9 Å². The molecule has 0 saturated carbocycles. The first-order valence-corrected chi connectivity index (χ1v) is 10.4. The van der Waals surface area contributed by atoms with Gasteiger partial charge in [0.05, 0.1) is 34.9 Å². The van der Waals surface area contributed by atoms with Gasteiger partial charge in [0.25, 0.3) is 0 Å². The summed E-state index contributed by atoms with van der Waals surface area (Å²) in [6.07, 6.45) is -3.09. The summed E-state index contributed by atoms with van der Waals surface area (Å²) < 4.78 is 51.5. The molecule has 0 bridgehead atoms. The van der Waals surface area contributed by atoms with Gasteiger partial charge in [-0.25, -0.2) is 4.98 Å². The topological polar surface area (TPSA) is 54.9 Å². The van der Waals surface area contributed by atoms with Gasteiger partial charge < -0.3 is 19.3 Å². The van der Waals surface area contributed by atoms with Crippen molar-refractivity contribution in [3.05, 3.63) is 23.8 Å². The summed E-state index contributed by atoms with van der Waals surface area (Å²) >= 11 is 1.23. The Hall–Kier alpha value is -1.91. The molecule has 5 rings (SSSR count). The van der Waals surface area contributed by atoms with Gasteiger partial charge in [-0.15, -0.1) is 0 Å². The third kappa shape index (κ3) is 3.36. The van der Waals surface area contributed by atoms with E-state index >= 15 is 0 Å². The van der Waals surface area contributed by atoms with Gasteiger partial charge in [-0.3, -0.25) is 4.79 Å². The van der Waals surface area contributed by atoms with Crippen LogP contribution in [0.1, 0.15) is 18.4 Å². The molecule has 0 N–H and O–H groups in total. The van der Waals surface area contributed by atoms with Gasteiger partial charge in [0.1, 0.15) is 0 Å². The number of carbonyl (C=O) groups is 1. The summed E-state index contributed by atoms with van der Waals surface area (Å²) in [6.45, 7) is 3.37. The average Bonchev–Trinajstić information content (AvgIpc) is 3.27. The van der Waals surface area contributed by atoms with Crippen molar-refractivity contribution < 1.29 is 27.4 Å². The number of likely N-dealkylation sites (tertiary alicyclic amines) is 1. The standard InChI is InChI=1S/C19H20F3N3O3S/c20-19(21,22)13-2-1-3-14-15(13)23-17(29-14)25-10-12(11-25)16(26)24-6-4-18(5-7-24)27-8-9-28-18/h1-3,12H,4-11H2. The van der Waals surface area contributed by atoms with E-state index in [1.165, 1.54) is 17.4 Å². The fourth-order valence-corrected chi connectivity index (χ4v) is 5.21. The number of benzene rings is 1. The van der Waals surface area contributed by atoms with Crippen molar-refractivity contribution in [3.8, 4) is 0 Å². The van der Waals surface area contributed by atoms with Crippen LogP contribution in [0.15, 0.2) is 18.2 Å². The summed E-state index contributed by atoms with van der Waals surface area (Å²) in [7, 11) is 0. The Morgan fingerprint density at radius 1 is 1.17 bits per heavy atom. The fourth-order valence-electron chi connectivity index (χ4n) is 4.20. The molecule has 3 aliphatic heterocycles. The van der Waals surface area contributed by atoms with Crippen LogP contribution in [0.25, 0.3) is 10.2 Å². The van der Waals surface area contributed by atoms with E-state index in [0.29, 0.717) is 62.1 Å². The molecule has 0 aliphatic carbocycles. The molecule has 2 aromatic rings. The molecule has 4 heterocycles. The minimum atomic E-state index is -4.43. The average molecular weight is 427 g/mol. The molecular formula is C19H20F3N3O3S. The first kappa shape index (κ1) is 19.1. The van der Waals surface area contributed by atoms with E-state index in [1.807, 2.05) is 9.80 Å². The Labute approximate surface area is 169 Å². The van der Waals surface area contributed by atoms with Gasteiger partial charge in [-0.05, 0) is 12.1 Å². The molecule has 1 aromatic heterocycles. The number of fused-ring (bicyclic) bond motifs is 1. The highest BCUT2D eigenvalue weighted by molar-refractivity contribution is 7.22. The molecule has 0 atom stereocenters. The van der Waals surface area contributed by atoms with Crippen LogP contribution in [0.5, 0.6) is 0 Å². The molecule has 3 aliphatic rings. The number of anilines is 1. The van der Waals surface area contributed by atoms with E-state index in [1.54, 1.807) is 6.07 Å². The number of piperidine rings is 1. The van der Waals surface area contributed by atoms with Gasteiger partial charge in [0, 0.05) is 39.0 Å². The highest BCUT2D eigenvalue weighted by Gasteiger charge is 2.44. The highest BCUT2D eigenvalue weighted by atomic mass is 32.1. The van der Waals surface area contributed by atoms with Gasteiger partial charge in [-0.1, -0.05) is 17.4 Å². The number of amides is 1. The number of hydrogen-bond acceptors (Lipinski definition) is 6. The van der Waals surface area contributed by atoms with Crippen LogP contribution in [0.2, 0.25) is 0 Å². The van der Waals surface area contributed by atoms with E-state index in [0.717, 1.165) is 6.07 Å². The van der Waals surface area contributed by atoms with Crippen LogP contribution >= 0.6 is 11.3 Å². The monoisotopic (exact) mass is 427 g/mol. The van der Waals surface area contributed by atoms with Crippen LogP contribution in [0, 0.1) is 5.92 Å². The second-order valence-corrected chi connectivity index (χ2v) is 8.69. The summed E-state index contributed by atoms with van der Waals surface area (Å²) in [5, 5.41) is 0.533. The predicted octanol–water partition coefficient (Wildman–Crippen LogP) is 3.12. The number of carbonyl (C=O) groups excluding carboxylic acids is 1. The lowest BCUT2D eigenvalue weighted by Crippen LogP contribution is -2.57. The van der Waals surface area contributed by atoms with Crippen molar-refractivity contribution >= 4 is 32.6 Å². The summed E-state index contributed by atoms with van der Waals surface area (Å²) in [4.78, 5) is 20.7. The molecule has 156 valence electrons. The Morgan fingerprint density at radius 3 is 2.52 bits per heavy atom. The molecule has 29 heavy (non-hydrogen) atoms. The quantitative estimate of drug-likeness (QED) is 0.737. The number of para-hydroxylation sites is 1. The molecule has 0 radical (unpaired) electrons. The van der Waals surface area contributed by atoms with Gasteiger partial charge in [0.2, 0.25) is 5.91 Å². The molecule has 1 spiro atoms. The maximum atomic E-state index is 13.2. The maximum Gasteiger partial charge on any atom is 0.418 e. The Kier molecular flexibility index (Phi) is 4.48. The van der Waals surface area contributed by atoms with Crippen LogP contribution < -0.4 is 4.90 Å². The van der Waals surface area contributed by atoms with Crippen molar-refractivity contribution in [2.24, 2.45) is 5.92 Å². The predicted molar refractivity (Wildman–Crippen MR) is 101 cm³/mol. The Balaban J connectivity index is 1.22. The molecule has 3 saturated heterocycles. The number of ether oxygens (including phenoxy) is 2. The van der Waals surface area contributed by atoms with Crippen molar-refractivity contribution in [1.29, 1.82) is 0 Å². The van der Waals surface area contributed by atoms with E-state index in [9.17, 15) is 18.0 Å². The largest absolute Gasteiger partial charge is 0.418 e. The second kappa shape index (κ2) is 6.82. The lowest BCUT2D eigenvalue weighted by atomic mass is 9.96. The molecule has 6 nitrogen and oxygen atoms in total. The second-order valence-electron chi connectivity index (χ2n) is 7.68. The zero-order valence-corrected chi connectivity index (χ0v) is 16.4. The summed E-state index contributed by atoms with van der Waals surface area (Å²) in [5.74, 6) is -0.575. The number of rotatable bonds is 2. The fraction of sp³-hybridized carbons (Fsp3) is 0.579. The van der Waals surface area contributed by atoms with E-state index in [-0.39, 0.29) is 17.3 Å². The number of halogens is 3. The highest BCUT2D eigenvalue weighted by Crippen LogP contribution is 2.40. The number of aromatic nitrogens is 1. The zero-order valence-electron chi connectivity index (χ0n) is 15.6. The molecule has 3 fully saturated rings. The molecule has 1 aromatic carbocycles. The summed E-state index contributed by atoms with van der Waals surface area (Å²) in [5.41, 5.74) is -0.739. The number of alkyl halides is 3. The Morgan fingerprint density at radius 2 is 1.86 bits per heavy atom. The normalized spacial score (nSPS) is 22.4. The SMILES string of the molecule is O=C(C1CN(c2nc3c(C(F)(F)F)cccc3s2)C1)N1CCC2(CC1)OCCO2. The minimum Gasteiger partial charge on any atom is -0.347 e. The van der Waals surface area contributed by atoms with Crippen molar-refractivity contribution in [2.45, 2.75) is 24.8 Å². The van der Waals surface area contributed by atoms with Gasteiger partial charge >= 0.3 is 6.18 Å². The minimum absolute atomic E-state index is 0.0207. The maximum absolute atomic E-state index is 13.2. The number of nitrogens with zero attached hydrogens (tertiary/aromatic N) is 3. The van der Waals surface area contributed by atoms with Crippen LogP contribution in [0.3, 0.4) is 0 Å². The van der Waals surface area contributed by atoms with E-state index < -0.39 is 17.5 Å². The lowest BCUT2D eigenvalue weighted by molar-refractivity contribution is -0.188. The summed E-state index contributed by atoms with van der Waals surface area (Å²) in [6, 6.07) is 4.09. The van der Waals surface area contributed by atoms with Crippen LogP contribution in [0.4, 0.5) is 18.3 Å². The lowest BCUT2D eigenvalue weighted by Gasteiger charge is -2.43. The van der Waals surface area contributed by atoms with Crippen LogP contribution in [-0.2, 0) is 20.4 Å². The van der Waals surface area contributed by atoms with Crippen molar-refractivity contribution in [2.75, 3.05) is 44.3 Å². The molecule has 0 unspecified atom stereocenters. The third-order valence-corrected chi connectivity index (χ3v) is 6.95. The van der Waals surface area contributed by atoms with E-state index in [2.05, 4.69) is 4.98 Å². The smallest absolute Gasteiger partial charge is 0.347 e. The third-order valence-electron chi connectivity index (χ3n) is 5.86.